The summed E-state index contributed by atoms with van der Waals surface area (Å²) in [6, 6.07) is 3.99. The van der Waals surface area contributed by atoms with Crippen molar-refractivity contribution >= 4 is 12.1 Å². The van der Waals surface area contributed by atoms with Crippen molar-refractivity contribution in [3.8, 4) is 0 Å². The first kappa shape index (κ1) is 8.67. The summed E-state index contributed by atoms with van der Waals surface area (Å²) < 4.78 is 12.7. The van der Waals surface area contributed by atoms with Crippen LogP contribution in [0.2, 0.25) is 0 Å². The number of carbonyl (C=O) groups excluding carboxylic acids is 1. The van der Waals surface area contributed by atoms with Gasteiger partial charge in [0, 0.05) is 11.3 Å². The molecule has 0 radical (unpaired) electrons. The van der Waals surface area contributed by atoms with E-state index < -0.39 is 5.82 Å². The summed E-state index contributed by atoms with van der Waals surface area (Å²) in [7, 11) is 0. The lowest BCUT2D eigenvalue weighted by atomic mass is 10.2. The molecule has 3 nitrogen and oxygen atoms in total. The first-order chi connectivity index (χ1) is 5.77. The molecule has 0 aromatic heterocycles. The summed E-state index contributed by atoms with van der Waals surface area (Å²) in [6.45, 7) is -0.375. The van der Waals surface area contributed by atoms with Gasteiger partial charge in [0.2, 0.25) is 6.41 Å². The largest absolute Gasteiger partial charge is 0.392 e. The maximum Gasteiger partial charge on any atom is 0.211 e. The highest BCUT2D eigenvalue weighted by Gasteiger charge is 2.00. The van der Waals surface area contributed by atoms with Gasteiger partial charge < -0.3 is 10.4 Å². The molecule has 0 aliphatic carbocycles. The average Bonchev–Trinajstić information content (AvgIpc) is 2.09. The minimum atomic E-state index is -0.478. The fraction of sp³-hybridized carbons (Fsp3) is 0.125. The number of rotatable bonds is 3. The van der Waals surface area contributed by atoms with Crippen molar-refractivity contribution < 1.29 is 14.3 Å². The standard InChI is InChI=1S/C8H8FNO2/c9-8-2-1-7(10-5-12)3-6(8)4-11/h1-3,5,11H,4H2,(H,10,12). The number of aliphatic hydroxyl groups excluding tert-OH is 1. The monoisotopic (exact) mass is 169 g/mol. The summed E-state index contributed by atoms with van der Waals surface area (Å²) in [5, 5.41) is 11.0. The zero-order valence-corrected chi connectivity index (χ0v) is 6.25. The SMILES string of the molecule is O=CNc1ccc(F)c(CO)c1. The van der Waals surface area contributed by atoms with Gasteiger partial charge in [-0.25, -0.2) is 4.39 Å². The Labute approximate surface area is 68.8 Å². The van der Waals surface area contributed by atoms with Gasteiger partial charge in [0.25, 0.3) is 0 Å². The van der Waals surface area contributed by atoms with Gasteiger partial charge in [0.15, 0.2) is 0 Å². The van der Waals surface area contributed by atoms with Gasteiger partial charge in [-0.1, -0.05) is 0 Å². The van der Waals surface area contributed by atoms with Crippen LogP contribution in [0.5, 0.6) is 0 Å². The molecule has 0 spiro atoms. The normalized spacial score (nSPS) is 9.50. The summed E-state index contributed by atoms with van der Waals surface area (Å²) in [6.07, 6.45) is 0.494. The Balaban J connectivity index is 2.96. The van der Waals surface area contributed by atoms with E-state index in [4.69, 9.17) is 5.11 Å². The van der Waals surface area contributed by atoms with Gasteiger partial charge in [0.1, 0.15) is 5.82 Å². The smallest absolute Gasteiger partial charge is 0.211 e. The molecule has 0 bridgehead atoms. The molecule has 0 fully saturated rings. The first-order valence-electron chi connectivity index (χ1n) is 3.37. The Morgan fingerprint density at radius 2 is 2.33 bits per heavy atom. The van der Waals surface area contributed by atoms with Crippen LogP contribution < -0.4 is 5.32 Å². The van der Waals surface area contributed by atoms with Crippen LogP contribution in [0.1, 0.15) is 5.56 Å². The number of nitrogens with one attached hydrogen (secondary N) is 1. The van der Waals surface area contributed by atoms with E-state index in [1.807, 2.05) is 0 Å². The van der Waals surface area contributed by atoms with E-state index in [1.54, 1.807) is 0 Å². The second-order valence-corrected chi connectivity index (χ2v) is 2.23. The molecule has 0 aliphatic heterocycles. The van der Waals surface area contributed by atoms with Crippen LogP contribution in [0.4, 0.5) is 10.1 Å². The lowest BCUT2D eigenvalue weighted by Crippen LogP contribution is -1.96. The number of hydrogen-bond donors (Lipinski definition) is 2. The summed E-state index contributed by atoms with van der Waals surface area (Å²) in [5.74, 6) is -0.478. The molecule has 12 heavy (non-hydrogen) atoms. The molecule has 4 heteroatoms. The predicted molar refractivity (Wildman–Crippen MR) is 42.0 cm³/mol. The lowest BCUT2D eigenvalue weighted by Gasteiger charge is -2.02. The second kappa shape index (κ2) is 3.82. The zero-order chi connectivity index (χ0) is 8.97. The summed E-state index contributed by atoms with van der Waals surface area (Å²) in [4.78, 5) is 9.99. The minimum absolute atomic E-state index is 0.168. The molecule has 0 saturated heterocycles. The Kier molecular flexibility index (Phi) is 2.76. The number of carbonyl (C=O) groups is 1. The Hall–Kier alpha value is -1.42. The van der Waals surface area contributed by atoms with Gasteiger partial charge in [0.05, 0.1) is 6.61 Å². The highest BCUT2D eigenvalue weighted by molar-refractivity contribution is 5.71. The van der Waals surface area contributed by atoms with E-state index in [1.165, 1.54) is 18.2 Å². The topological polar surface area (TPSA) is 49.3 Å². The van der Waals surface area contributed by atoms with Crippen molar-refractivity contribution in [1.82, 2.24) is 0 Å². The van der Waals surface area contributed by atoms with Crippen molar-refractivity contribution in [2.24, 2.45) is 0 Å². The molecule has 0 aliphatic rings. The van der Waals surface area contributed by atoms with Crippen LogP contribution in [0.15, 0.2) is 18.2 Å². The number of halogens is 1. The van der Waals surface area contributed by atoms with Crippen molar-refractivity contribution in [3.05, 3.63) is 29.6 Å². The third-order valence-electron chi connectivity index (χ3n) is 1.44. The third-order valence-corrected chi connectivity index (χ3v) is 1.44. The van der Waals surface area contributed by atoms with E-state index in [-0.39, 0.29) is 12.2 Å². The molecule has 1 aromatic rings. The second-order valence-electron chi connectivity index (χ2n) is 2.23. The maximum atomic E-state index is 12.7. The summed E-state index contributed by atoms with van der Waals surface area (Å²) >= 11 is 0. The third kappa shape index (κ3) is 1.79. The minimum Gasteiger partial charge on any atom is -0.392 e. The van der Waals surface area contributed by atoms with Crippen LogP contribution >= 0.6 is 0 Å². The van der Waals surface area contributed by atoms with Crippen LogP contribution in [-0.2, 0) is 11.4 Å². The number of aliphatic hydroxyl groups is 1. The molecule has 0 atom stereocenters. The molecular formula is C8H8FNO2. The zero-order valence-electron chi connectivity index (χ0n) is 6.25. The van der Waals surface area contributed by atoms with Gasteiger partial charge in [-0.05, 0) is 18.2 Å². The number of benzene rings is 1. The van der Waals surface area contributed by atoms with E-state index in [0.29, 0.717) is 12.1 Å². The van der Waals surface area contributed by atoms with Gasteiger partial charge in [-0.2, -0.15) is 0 Å². The molecule has 2 N–H and O–H groups in total. The average molecular weight is 169 g/mol. The van der Waals surface area contributed by atoms with E-state index in [2.05, 4.69) is 5.32 Å². The number of amides is 1. The molecule has 1 rings (SSSR count). The fourth-order valence-electron chi connectivity index (χ4n) is 0.854. The van der Waals surface area contributed by atoms with Crippen molar-refractivity contribution in [1.29, 1.82) is 0 Å². The first-order valence-corrected chi connectivity index (χ1v) is 3.37. The van der Waals surface area contributed by atoms with E-state index in [0.717, 1.165) is 0 Å². The summed E-state index contributed by atoms with van der Waals surface area (Å²) in [5.41, 5.74) is 0.636. The van der Waals surface area contributed by atoms with Crippen molar-refractivity contribution in [2.45, 2.75) is 6.61 Å². The molecule has 0 saturated carbocycles. The Morgan fingerprint density at radius 3 is 2.92 bits per heavy atom. The van der Waals surface area contributed by atoms with Crippen LogP contribution in [-0.4, -0.2) is 11.5 Å². The number of anilines is 1. The maximum absolute atomic E-state index is 12.7. The highest BCUT2D eigenvalue weighted by atomic mass is 19.1. The van der Waals surface area contributed by atoms with Crippen LogP contribution in [0.3, 0.4) is 0 Å². The van der Waals surface area contributed by atoms with Crippen LogP contribution in [0, 0.1) is 5.82 Å². The van der Waals surface area contributed by atoms with Crippen LogP contribution in [0.25, 0.3) is 0 Å². The fourth-order valence-corrected chi connectivity index (χ4v) is 0.854. The highest BCUT2D eigenvalue weighted by Crippen LogP contribution is 2.13. The van der Waals surface area contributed by atoms with Gasteiger partial charge in [-0.3, -0.25) is 4.79 Å². The predicted octanol–water partition coefficient (Wildman–Crippen LogP) is 0.886. The quantitative estimate of drug-likeness (QED) is 0.660. The lowest BCUT2D eigenvalue weighted by molar-refractivity contribution is -0.105. The molecule has 1 amide bonds. The molecule has 0 heterocycles. The van der Waals surface area contributed by atoms with E-state index >= 15 is 0 Å². The molecular weight excluding hydrogens is 161 g/mol. The number of hydrogen-bond acceptors (Lipinski definition) is 2. The van der Waals surface area contributed by atoms with Gasteiger partial charge in [-0.15, -0.1) is 0 Å². The molecule has 64 valence electrons. The van der Waals surface area contributed by atoms with Gasteiger partial charge >= 0.3 is 0 Å². The Morgan fingerprint density at radius 1 is 1.58 bits per heavy atom. The van der Waals surface area contributed by atoms with Crippen molar-refractivity contribution in [3.63, 3.8) is 0 Å². The van der Waals surface area contributed by atoms with Crippen molar-refractivity contribution in [2.75, 3.05) is 5.32 Å². The Bertz CT molecular complexity index is 288. The molecule has 0 unspecified atom stereocenters. The molecule has 1 aromatic carbocycles. The van der Waals surface area contributed by atoms with E-state index in [9.17, 15) is 9.18 Å².